The Kier molecular flexibility index (Phi) is 5.89. The summed E-state index contributed by atoms with van der Waals surface area (Å²) in [5, 5.41) is 20.2. The summed E-state index contributed by atoms with van der Waals surface area (Å²) >= 11 is 3.53. The van der Waals surface area contributed by atoms with Gasteiger partial charge >= 0.3 is 0 Å². The molecule has 2 aromatic carbocycles. The number of hydrogen-bond donors (Lipinski definition) is 1. The number of amides is 1. The van der Waals surface area contributed by atoms with E-state index in [1.54, 1.807) is 0 Å². The lowest BCUT2D eigenvalue weighted by molar-refractivity contribution is -0.117. The molecule has 2 heterocycles. The number of carbonyl (C=O) groups excluding carboxylic acids is 1. The fourth-order valence-electron chi connectivity index (χ4n) is 6.37. The molecule has 1 amide bonds. The molecule has 1 saturated heterocycles. The second kappa shape index (κ2) is 8.61. The molecular formula is C27H31BrN4O2. The number of azo groups is 1. The number of likely N-dealkylation sites (tertiary alicyclic amines) is 1. The molecule has 2 fully saturated rings. The number of nitrogens with zero attached hydrogens (tertiary/aromatic N) is 4. The molecule has 1 aliphatic heterocycles. The highest BCUT2D eigenvalue weighted by Crippen LogP contribution is 2.53. The van der Waals surface area contributed by atoms with Crippen LogP contribution in [0.1, 0.15) is 45.6 Å². The zero-order chi connectivity index (χ0) is 24.1. The number of rotatable bonds is 5. The highest BCUT2D eigenvalue weighted by molar-refractivity contribution is 9.10. The van der Waals surface area contributed by atoms with Gasteiger partial charge in [-0.25, -0.2) is 0 Å². The van der Waals surface area contributed by atoms with E-state index in [0.717, 1.165) is 33.9 Å². The summed E-state index contributed by atoms with van der Waals surface area (Å²) in [5.74, 6) is -0.291. The molecule has 3 aromatic rings. The van der Waals surface area contributed by atoms with Gasteiger partial charge in [0.25, 0.3) is 5.91 Å². The summed E-state index contributed by atoms with van der Waals surface area (Å²) < 4.78 is 2.80. The van der Waals surface area contributed by atoms with Crippen LogP contribution >= 0.6 is 15.9 Å². The standard InChI is InChI=1S/C27H31BrN4O2/c1-26(2)13-20-14-27(3,15-26)16-31(20)17-32-22-10-9-19(28)12-21(22)24(25(32)34)30-29-23(33)11-18-7-5-4-6-8-18/h4-10,12,20,34H,11,13-17H2,1-3H3/t20-,27+/m0/s1. The van der Waals surface area contributed by atoms with Crippen molar-refractivity contribution in [3.8, 4) is 5.88 Å². The van der Waals surface area contributed by atoms with Crippen LogP contribution in [0, 0.1) is 10.8 Å². The third-order valence-corrected chi connectivity index (χ3v) is 7.77. The minimum absolute atomic E-state index is 0.0511. The van der Waals surface area contributed by atoms with E-state index in [0.29, 0.717) is 29.2 Å². The number of benzene rings is 2. The second-order valence-electron chi connectivity index (χ2n) is 11.1. The lowest BCUT2D eigenvalue weighted by Gasteiger charge is -2.40. The van der Waals surface area contributed by atoms with E-state index >= 15 is 0 Å². The summed E-state index contributed by atoms with van der Waals surface area (Å²) in [4.78, 5) is 14.9. The lowest BCUT2D eigenvalue weighted by Crippen LogP contribution is -2.35. The molecule has 1 aromatic heterocycles. The number of aromatic nitrogens is 1. The summed E-state index contributed by atoms with van der Waals surface area (Å²) in [7, 11) is 0. The Bertz CT molecular complexity index is 1270. The molecular weight excluding hydrogens is 492 g/mol. The van der Waals surface area contributed by atoms with Crippen molar-refractivity contribution in [3.63, 3.8) is 0 Å². The predicted molar refractivity (Wildman–Crippen MR) is 137 cm³/mol. The molecule has 1 N–H and O–H groups in total. The molecule has 2 aliphatic rings. The molecule has 0 spiro atoms. The fourth-order valence-corrected chi connectivity index (χ4v) is 6.73. The number of aromatic hydroxyl groups is 1. The van der Waals surface area contributed by atoms with Crippen LogP contribution in [0.15, 0.2) is 63.2 Å². The Labute approximate surface area is 208 Å². The molecule has 178 valence electrons. The molecule has 0 radical (unpaired) electrons. The van der Waals surface area contributed by atoms with E-state index in [-0.39, 0.29) is 18.2 Å². The fraction of sp³-hybridized carbons (Fsp3) is 0.444. The molecule has 7 heteroatoms. The van der Waals surface area contributed by atoms with Crippen LogP contribution in [0.25, 0.3) is 10.9 Å². The van der Waals surface area contributed by atoms with Crippen LogP contribution < -0.4 is 0 Å². The van der Waals surface area contributed by atoms with E-state index in [1.807, 2.05) is 53.1 Å². The van der Waals surface area contributed by atoms with Gasteiger partial charge in [-0.15, -0.1) is 10.2 Å². The van der Waals surface area contributed by atoms with E-state index < -0.39 is 0 Å². The van der Waals surface area contributed by atoms with E-state index in [2.05, 4.69) is 51.8 Å². The van der Waals surface area contributed by atoms with Crippen LogP contribution in [0.5, 0.6) is 5.88 Å². The van der Waals surface area contributed by atoms with Crippen molar-refractivity contribution in [2.24, 2.45) is 21.1 Å². The van der Waals surface area contributed by atoms with Gasteiger partial charge in [-0.1, -0.05) is 67.0 Å². The SMILES string of the molecule is CC1(C)C[C@H]2C[C@@](C)(CN2Cn2c(O)c(N=NC(=O)Cc3ccccc3)c3cc(Br)ccc32)C1. The zero-order valence-corrected chi connectivity index (χ0v) is 21.5. The van der Waals surface area contributed by atoms with Gasteiger partial charge in [-0.2, -0.15) is 0 Å². The maximum Gasteiger partial charge on any atom is 0.269 e. The summed E-state index contributed by atoms with van der Waals surface area (Å²) in [5.41, 5.74) is 2.75. The largest absolute Gasteiger partial charge is 0.493 e. The van der Waals surface area contributed by atoms with Gasteiger partial charge in [-0.3, -0.25) is 14.3 Å². The quantitative estimate of drug-likeness (QED) is 0.373. The molecule has 6 nitrogen and oxygen atoms in total. The average Bonchev–Trinajstić information content (AvgIpc) is 3.15. The van der Waals surface area contributed by atoms with Gasteiger partial charge in [0.05, 0.1) is 18.6 Å². The number of carbonyl (C=O) groups is 1. The van der Waals surface area contributed by atoms with Crippen LogP contribution in [0.4, 0.5) is 5.69 Å². The van der Waals surface area contributed by atoms with Crippen LogP contribution in [-0.2, 0) is 17.9 Å². The van der Waals surface area contributed by atoms with Gasteiger partial charge in [0.2, 0.25) is 5.88 Å². The lowest BCUT2D eigenvalue weighted by atomic mass is 9.65. The molecule has 2 bridgehead atoms. The Balaban J connectivity index is 1.45. The van der Waals surface area contributed by atoms with Gasteiger partial charge in [0.15, 0.2) is 5.69 Å². The van der Waals surface area contributed by atoms with Crippen LogP contribution in [0.3, 0.4) is 0 Å². The smallest absolute Gasteiger partial charge is 0.269 e. The molecule has 1 saturated carbocycles. The van der Waals surface area contributed by atoms with Crippen molar-refractivity contribution >= 4 is 38.4 Å². The van der Waals surface area contributed by atoms with E-state index in [9.17, 15) is 9.90 Å². The van der Waals surface area contributed by atoms with Crippen molar-refractivity contribution in [2.45, 2.75) is 59.2 Å². The molecule has 34 heavy (non-hydrogen) atoms. The van der Waals surface area contributed by atoms with Crippen molar-refractivity contribution in [1.29, 1.82) is 0 Å². The molecule has 1 aliphatic carbocycles. The zero-order valence-electron chi connectivity index (χ0n) is 20.0. The van der Waals surface area contributed by atoms with Gasteiger partial charge in [-0.05, 0) is 53.9 Å². The van der Waals surface area contributed by atoms with Crippen molar-refractivity contribution in [3.05, 3.63) is 58.6 Å². The Morgan fingerprint density at radius 3 is 2.68 bits per heavy atom. The normalized spacial score (nSPS) is 24.3. The Morgan fingerprint density at radius 1 is 1.15 bits per heavy atom. The first kappa shape index (κ1) is 23.2. The topological polar surface area (TPSA) is 70.2 Å². The van der Waals surface area contributed by atoms with Crippen molar-refractivity contribution in [2.75, 3.05) is 6.54 Å². The monoisotopic (exact) mass is 522 g/mol. The van der Waals surface area contributed by atoms with Gasteiger partial charge in [0.1, 0.15) is 0 Å². The first-order chi connectivity index (χ1) is 16.1. The van der Waals surface area contributed by atoms with E-state index in [1.165, 1.54) is 12.8 Å². The summed E-state index contributed by atoms with van der Waals surface area (Å²) in [6.07, 6.45) is 3.76. The summed E-state index contributed by atoms with van der Waals surface area (Å²) in [6, 6.07) is 15.9. The first-order valence-corrected chi connectivity index (χ1v) is 12.7. The van der Waals surface area contributed by atoms with Gasteiger partial charge < -0.3 is 5.11 Å². The average molecular weight is 523 g/mol. The summed E-state index contributed by atoms with van der Waals surface area (Å²) in [6.45, 7) is 8.73. The third-order valence-electron chi connectivity index (χ3n) is 7.28. The first-order valence-electron chi connectivity index (χ1n) is 11.9. The molecule has 2 atom stereocenters. The Morgan fingerprint density at radius 2 is 1.91 bits per heavy atom. The molecule has 0 unspecified atom stereocenters. The molecule has 5 rings (SSSR count). The van der Waals surface area contributed by atoms with Crippen LogP contribution in [0.2, 0.25) is 0 Å². The van der Waals surface area contributed by atoms with Crippen molar-refractivity contribution in [1.82, 2.24) is 9.47 Å². The highest BCUT2D eigenvalue weighted by Gasteiger charge is 2.49. The van der Waals surface area contributed by atoms with E-state index in [4.69, 9.17) is 0 Å². The van der Waals surface area contributed by atoms with Gasteiger partial charge in [0, 0.05) is 22.4 Å². The second-order valence-corrected chi connectivity index (χ2v) is 12.0. The third kappa shape index (κ3) is 4.56. The maximum atomic E-state index is 12.4. The number of hydrogen-bond acceptors (Lipinski definition) is 4. The minimum Gasteiger partial charge on any atom is -0.493 e. The number of fused-ring (bicyclic) bond motifs is 3. The minimum atomic E-state index is -0.343. The highest BCUT2D eigenvalue weighted by atomic mass is 79.9. The Hall–Kier alpha value is -2.51. The van der Waals surface area contributed by atoms with Crippen molar-refractivity contribution < 1.29 is 9.90 Å². The predicted octanol–water partition coefficient (Wildman–Crippen LogP) is 6.82. The van der Waals surface area contributed by atoms with Crippen LogP contribution in [-0.4, -0.2) is 33.1 Å². The number of halogens is 1. The maximum absolute atomic E-state index is 12.4.